The summed E-state index contributed by atoms with van der Waals surface area (Å²) in [4.78, 5) is 141. The number of nitrogens with zero attached hydrogens (tertiary/aromatic N) is 2. The maximum Gasteiger partial charge on any atom is 0.303 e. The quantitative estimate of drug-likeness (QED) is 0.0217. The Morgan fingerprint density at radius 1 is 0.633 bits per heavy atom. The lowest BCUT2D eigenvalue weighted by Gasteiger charge is -2.57. The highest BCUT2D eigenvalue weighted by atomic mass is 32.2. The van der Waals surface area contributed by atoms with Crippen LogP contribution in [0.1, 0.15) is 137 Å². The molecule has 442 valence electrons. The van der Waals surface area contributed by atoms with Gasteiger partial charge in [0.05, 0.1) is 5.41 Å². The summed E-state index contributed by atoms with van der Waals surface area (Å²) in [5.41, 5.74) is 34.2. The van der Waals surface area contributed by atoms with Crippen molar-refractivity contribution in [2.45, 2.75) is 173 Å². The number of amides is 8. The Bertz CT molecular complexity index is 2340. The zero-order valence-electron chi connectivity index (χ0n) is 46.2. The number of fused-ring (bicyclic) bond motifs is 3. The molecule has 27 heteroatoms. The molecule has 10 atom stereocenters. The maximum absolute atomic E-state index is 14.7. The molecule has 79 heavy (non-hydrogen) atoms. The molecule has 3 rings (SSSR count). The average molecular weight is 1130 g/mol. The van der Waals surface area contributed by atoms with Crippen molar-refractivity contribution in [3.63, 3.8) is 0 Å². The van der Waals surface area contributed by atoms with Crippen LogP contribution >= 0.6 is 11.8 Å². The van der Waals surface area contributed by atoms with Crippen LogP contribution in [0.3, 0.4) is 0 Å². The largest absolute Gasteiger partial charge is 0.481 e. The summed E-state index contributed by atoms with van der Waals surface area (Å²) in [6.45, 7) is 8.62. The van der Waals surface area contributed by atoms with Gasteiger partial charge in [0.25, 0.3) is 0 Å². The molecule has 0 aromatic carbocycles. The summed E-state index contributed by atoms with van der Waals surface area (Å²) in [6.07, 6.45) is 8.31. The Morgan fingerprint density at radius 2 is 1.08 bits per heavy atom. The third kappa shape index (κ3) is 20.7. The molecular weight excluding hydrogens is 1040 g/mol. The summed E-state index contributed by atoms with van der Waals surface area (Å²) < 4.78 is 0. The number of rotatable bonds is 34. The molecule has 0 aliphatic heterocycles. The summed E-state index contributed by atoms with van der Waals surface area (Å²) in [7, 11) is 0. The Labute approximate surface area is 465 Å². The van der Waals surface area contributed by atoms with Gasteiger partial charge in [0, 0.05) is 32.4 Å². The third-order valence-corrected chi connectivity index (χ3v) is 16.0. The fraction of sp³-hybridized carbons (Fsp3) is 0.692. The predicted molar refractivity (Wildman–Crippen MR) is 298 cm³/mol. The molecule has 8 amide bonds. The Morgan fingerprint density at radius 3 is 1.52 bits per heavy atom. The molecule has 3 aliphatic rings. The number of carboxylic acid groups (broad SMARTS) is 2. The van der Waals surface area contributed by atoms with Gasteiger partial charge < -0.3 is 76.5 Å². The monoisotopic (exact) mass is 1130 g/mol. The van der Waals surface area contributed by atoms with Gasteiger partial charge in [0.15, 0.2) is 11.9 Å². The molecule has 20 N–H and O–H groups in total. The fourth-order valence-corrected chi connectivity index (χ4v) is 11.5. The zero-order chi connectivity index (χ0) is 59.2. The summed E-state index contributed by atoms with van der Waals surface area (Å²) in [6, 6.07) is -8.73. The highest BCUT2D eigenvalue weighted by molar-refractivity contribution is 7.98. The van der Waals surface area contributed by atoms with E-state index in [9.17, 15) is 58.2 Å². The van der Waals surface area contributed by atoms with E-state index < -0.39 is 127 Å². The molecule has 26 nitrogen and oxygen atoms in total. The van der Waals surface area contributed by atoms with E-state index in [0.29, 0.717) is 18.8 Å². The van der Waals surface area contributed by atoms with Crippen LogP contribution < -0.4 is 66.3 Å². The van der Waals surface area contributed by atoms with Crippen molar-refractivity contribution in [3.8, 4) is 0 Å². The molecule has 0 unspecified atom stereocenters. The first kappa shape index (κ1) is 66.4. The highest BCUT2D eigenvalue weighted by Crippen LogP contribution is 2.62. The molecule has 1 fully saturated rings. The number of hydrogen-bond donors (Lipinski definition) is 14. The number of aliphatic imine (C=N–C) groups is 2. The third-order valence-electron chi connectivity index (χ3n) is 15.4. The van der Waals surface area contributed by atoms with E-state index >= 15 is 0 Å². The van der Waals surface area contributed by atoms with Crippen molar-refractivity contribution >= 4 is 82.9 Å². The van der Waals surface area contributed by atoms with Gasteiger partial charge in [-0.3, -0.25) is 57.9 Å². The summed E-state index contributed by atoms with van der Waals surface area (Å²) >= 11 is 1.29. The number of hydrogen-bond acceptors (Lipinski definition) is 13. The number of carbonyl (C=O) groups is 10. The first-order valence-electron chi connectivity index (χ1n) is 27.0. The van der Waals surface area contributed by atoms with Crippen molar-refractivity contribution in [2.75, 3.05) is 25.1 Å². The molecule has 0 bridgehead atoms. The Balaban J connectivity index is 1.90. The number of nitrogens with two attached hydrogens (primary N) is 6. The zero-order valence-corrected chi connectivity index (χ0v) is 47.1. The number of aliphatic carboxylic acids is 2. The number of carboxylic acids is 2. The van der Waals surface area contributed by atoms with Gasteiger partial charge in [-0.2, -0.15) is 11.8 Å². The number of thioether (sulfide) groups is 1. The number of carbonyl (C=O) groups excluding carboxylic acids is 8. The molecule has 1 saturated carbocycles. The second-order valence-electron chi connectivity index (χ2n) is 21.5. The van der Waals surface area contributed by atoms with Crippen LogP contribution in [-0.4, -0.2) is 143 Å². The van der Waals surface area contributed by atoms with Crippen LogP contribution in [0.2, 0.25) is 0 Å². The van der Waals surface area contributed by atoms with Gasteiger partial charge >= 0.3 is 11.9 Å². The van der Waals surface area contributed by atoms with Crippen LogP contribution in [0.4, 0.5) is 0 Å². The van der Waals surface area contributed by atoms with E-state index in [0.717, 1.165) is 25.7 Å². The number of guanidine groups is 2. The minimum atomic E-state index is -1.63. The van der Waals surface area contributed by atoms with E-state index in [1.54, 1.807) is 6.26 Å². The molecule has 3 aliphatic carbocycles. The normalized spacial score (nSPS) is 21.6. The lowest BCUT2D eigenvalue weighted by Crippen LogP contribution is -2.61. The van der Waals surface area contributed by atoms with Crippen molar-refractivity contribution in [2.24, 2.45) is 73.0 Å². The van der Waals surface area contributed by atoms with Crippen molar-refractivity contribution < 1.29 is 58.2 Å². The van der Waals surface area contributed by atoms with Crippen molar-refractivity contribution in [1.29, 1.82) is 0 Å². The minimum absolute atomic E-state index is 0.0199. The standard InChI is InChI=1S/C52H86N14O12S/c1-28(2)29-11-13-31-30(27-29)12-17-38-51(31,3)22-8-23-52(38,4)48(78)66-36(16-20-41(70)71)46(76)64-35(15-19-40(68)69)45(75)65-37(21-26-79-5)47(77)63-34(14-18-39(53)67)44(74)62-33(10-7-25-60-50(57)58)43(73)61-32(42(54)72)9-6-24-59-49(55)56/h12,27-28,31-38H,6-11,13-26H2,1-5H3,(H2,53,67)(H2,54,72)(H,61,73)(H,62,74)(H,63,77)(H,64,76)(H,65,75)(H,66,78)(H,68,69)(H,70,71)(H4,55,56,59)(H4,57,58,60)/t31-,32-,33-,34-,35-,36-,37-,38+,51+,52+/m0/s1. The van der Waals surface area contributed by atoms with Gasteiger partial charge in [-0.25, -0.2) is 0 Å². The van der Waals surface area contributed by atoms with Crippen LogP contribution in [0.25, 0.3) is 0 Å². The molecule has 0 heterocycles. The topological polar surface area (TPSA) is 464 Å². The second kappa shape index (κ2) is 31.6. The van der Waals surface area contributed by atoms with Crippen molar-refractivity contribution in [1.82, 2.24) is 31.9 Å². The van der Waals surface area contributed by atoms with E-state index in [-0.39, 0.29) is 93.0 Å². The van der Waals surface area contributed by atoms with Crippen LogP contribution in [0.5, 0.6) is 0 Å². The first-order chi connectivity index (χ1) is 37.1. The van der Waals surface area contributed by atoms with Gasteiger partial charge in [-0.15, -0.1) is 0 Å². The second-order valence-corrected chi connectivity index (χ2v) is 22.5. The predicted octanol–water partition coefficient (Wildman–Crippen LogP) is -0.629. The lowest BCUT2D eigenvalue weighted by molar-refractivity contribution is -0.147. The molecule has 0 aromatic rings. The van der Waals surface area contributed by atoms with E-state index in [4.69, 9.17) is 34.4 Å². The lowest BCUT2D eigenvalue weighted by atomic mass is 9.46. The van der Waals surface area contributed by atoms with E-state index in [1.807, 2.05) is 6.92 Å². The first-order valence-corrected chi connectivity index (χ1v) is 28.4. The highest BCUT2D eigenvalue weighted by Gasteiger charge is 2.57. The minimum Gasteiger partial charge on any atom is -0.481 e. The van der Waals surface area contributed by atoms with Crippen molar-refractivity contribution in [3.05, 3.63) is 23.3 Å². The SMILES string of the molecule is CSCC[C@H](NC(=O)[C@H](CCC(=O)O)NC(=O)[C@H](CCC(=O)O)NC(=O)[C@]1(C)CCC[C@@]2(C)[C@H]1CC=C1C=C(C(C)C)CC[C@@H]12)C(=O)N[C@@H](CCC(N)=O)C(=O)N[C@@H](CCCN=C(N)N)C(=O)N[C@@H](CCCN=C(N)N)C(N)=O. The smallest absolute Gasteiger partial charge is 0.303 e. The maximum atomic E-state index is 14.7. The fourth-order valence-electron chi connectivity index (χ4n) is 11.0. The molecule has 0 radical (unpaired) electrons. The Kier molecular flexibility index (Phi) is 26.5. The summed E-state index contributed by atoms with van der Waals surface area (Å²) in [5, 5.41) is 34.9. The van der Waals surface area contributed by atoms with E-state index in [2.05, 4.69) is 74.8 Å². The number of allylic oxidation sites excluding steroid dienone is 4. The molecule has 0 aromatic heterocycles. The van der Waals surface area contributed by atoms with Gasteiger partial charge in [-0.05, 0) is 124 Å². The molecule has 0 saturated heterocycles. The van der Waals surface area contributed by atoms with Gasteiger partial charge in [0.2, 0.25) is 47.3 Å². The van der Waals surface area contributed by atoms with Crippen LogP contribution in [0, 0.1) is 28.6 Å². The number of primary amides is 2. The van der Waals surface area contributed by atoms with Crippen LogP contribution in [-0.2, 0) is 47.9 Å². The average Bonchev–Trinajstić information content (AvgIpc) is 3.58. The van der Waals surface area contributed by atoms with Crippen LogP contribution in [0.15, 0.2) is 33.3 Å². The Hall–Kier alpha value is -6.93. The van der Waals surface area contributed by atoms with Gasteiger partial charge in [0.1, 0.15) is 36.3 Å². The molecule has 0 spiro atoms. The number of nitrogens with one attached hydrogen (secondary N) is 6. The summed E-state index contributed by atoms with van der Waals surface area (Å²) in [5.74, 6) is -9.15. The van der Waals surface area contributed by atoms with Gasteiger partial charge in [-0.1, -0.05) is 51.8 Å². The van der Waals surface area contributed by atoms with E-state index in [1.165, 1.54) is 22.9 Å². The molecular formula is C52H86N14O12S.